The summed E-state index contributed by atoms with van der Waals surface area (Å²) in [5.41, 5.74) is 0.455. The molecule has 1 aliphatic rings. The molecular weight excluding hydrogens is 179 g/mol. The second-order valence-electron chi connectivity index (χ2n) is 4.33. The van der Waals surface area contributed by atoms with Gasteiger partial charge in [0.05, 0.1) is 5.60 Å². The lowest BCUT2D eigenvalue weighted by atomic mass is 9.87. The molecular formula is C12H15FO. The molecule has 1 aromatic rings. The largest absolute Gasteiger partial charge is 0.385 e. The average Bonchev–Trinajstić information content (AvgIpc) is 2.92. The van der Waals surface area contributed by atoms with Crippen molar-refractivity contribution < 1.29 is 9.50 Å². The van der Waals surface area contributed by atoms with Crippen LogP contribution in [0.25, 0.3) is 0 Å². The molecule has 1 aromatic carbocycles. The average molecular weight is 194 g/mol. The topological polar surface area (TPSA) is 20.2 Å². The number of hydrogen-bond donors (Lipinski definition) is 1. The predicted molar refractivity (Wildman–Crippen MR) is 53.4 cm³/mol. The Bertz CT molecular complexity index is 353. The molecule has 0 saturated heterocycles. The number of hydrogen-bond acceptors (Lipinski definition) is 1. The summed E-state index contributed by atoms with van der Waals surface area (Å²) in [4.78, 5) is 0. The first-order chi connectivity index (χ1) is 6.53. The molecule has 76 valence electrons. The zero-order valence-electron chi connectivity index (χ0n) is 8.55. The molecule has 0 amide bonds. The van der Waals surface area contributed by atoms with E-state index in [1.807, 2.05) is 6.07 Å². The van der Waals surface area contributed by atoms with Crippen LogP contribution in [0, 0.1) is 18.7 Å². The highest BCUT2D eigenvalue weighted by atomic mass is 19.1. The van der Waals surface area contributed by atoms with Gasteiger partial charge in [-0.2, -0.15) is 0 Å². The van der Waals surface area contributed by atoms with Crippen LogP contribution in [0.2, 0.25) is 0 Å². The highest BCUT2D eigenvalue weighted by Crippen LogP contribution is 2.46. The summed E-state index contributed by atoms with van der Waals surface area (Å²) in [6.07, 6.45) is 2.09. The molecule has 1 nitrogen and oxygen atoms in total. The van der Waals surface area contributed by atoms with Crippen molar-refractivity contribution in [2.45, 2.75) is 32.3 Å². The zero-order chi connectivity index (χ0) is 10.3. The van der Waals surface area contributed by atoms with E-state index >= 15 is 0 Å². The number of halogens is 1. The second-order valence-corrected chi connectivity index (χ2v) is 4.33. The SMILES string of the molecule is Cc1c(F)cccc1[C@](C)(O)C1CC1. The lowest BCUT2D eigenvalue weighted by molar-refractivity contribution is 0.0321. The van der Waals surface area contributed by atoms with Gasteiger partial charge in [0.1, 0.15) is 5.82 Å². The van der Waals surface area contributed by atoms with Crippen molar-refractivity contribution in [2.24, 2.45) is 5.92 Å². The molecule has 14 heavy (non-hydrogen) atoms. The Morgan fingerprint density at radius 1 is 1.43 bits per heavy atom. The highest BCUT2D eigenvalue weighted by molar-refractivity contribution is 5.33. The standard InChI is InChI=1S/C12H15FO/c1-8-10(4-3-5-11(8)13)12(2,14)9-6-7-9/h3-5,9,14H,6-7H2,1-2H3/t12-/m1/s1. The lowest BCUT2D eigenvalue weighted by Gasteiger charge is -2.25. The lowest BCUT2D eigenvalue weighted by Crippen LogP contribution is -2.25. The summed E-state index contributed by atoms with van der Waals surface area (Å²) >= 11 is 0. The minimum atomic E-state index is -0.855. The van der Waals surface area contributed by atoms with Gasteiger partial charge in [-0.1, -0.05) is 12.1 Å². The van der Waals surface area contributed by atoms with Crippen LogP contribution in [-0.2, 0) is 5.60 Å². The Kier molecular flexibility index (Phi) is 2.11. The Morgan fingerprint density at radius 2 is 2.07 bits per heavy atom. The van der Waals surface area contributed by atoms with E-state index in [4.69, 9.17) is 0 Å². The van der Waals surface area contributed by atoms with Crippen molar-refractivity contribution in [3.63, 3.8) is 0 Å². The van der Waals surface area contributed by atoms with E-state index in [1.54, 1.807) is 19.9 Å². The summed E-state index contributed by atoms with van der Waals surface area (Å²) in [7, 11) is 0. The Balaban J connectivity index is 2.44. The van der Waals surface area contributed by atoms with Gasteiger partial charge in [-0.25, -0.2) is 4.39 Å². The molecule has 1 aliphatic carbocycles. The molecule has 0 spiro atoms. The zero-order valence-corrected chi connectivity index (χ0v) is 8.55. The summed E-state index contributed by atoms with van der Waals surface area (Å²) in [5, 5.41) is 10.3. The Morgan fingerprint density at radius 3 is 2.64 bits per heavy atom. The van der Waals surface area contributed by atoms with Gasteiger partial charge in [-0.05, 0) is 49.8 Å². The minimum absolute atomic E-state index is 0.233. The fraction of sp³-hybridized carbons (Fsp3) is 0.500. The van der Waals surface area contributed by atoms with Crippen molar-refractivity contribution in [2.75, 3.05) is 0 Å². The first-order valence-electron chi connectivity index (χ1n) is 5.01. The van der Waals surface area contributed by atoms with Crippen LogP contribution in [0.15, 0.2) is 18.2 Å². The quantitative estimate of drug-likeness (QED) is 0.767. The van der Waals surface area contributed by atoms with Crippen LogP contribution in [-0.4, -0.2) is 5.11 Å². The van der Waals surface area contributed by atoms with Crippen molar-refractivity contribution in [3.8, 4) is 0 Å². The molecule has 0 aliphatic heterocycles. The van der Waals surface area contributed by atoms with Gasteiger partial charge >= 0.3 is 0 Å². The van der Waals surface area contributed by atoms with E-state index < -0.39 is 5.60 Å². The van der Waals surface area contributed by atoms with Gasteiger partial charge in [0.15, 0.2) is 0 Å². The van der Waals surface area contributed by atoms with Crippen LogP contribution in [0.5, 0.6) is 0 Å². The maximum absolute atomic E-state index is 13.3. The summed E-state index contributed by atoms with van der Waals surface area (Å²) in [6.45, 7) is 3.51. The normalized spacial score (nSPS) is 20.6. The first kappa shape index (κ1) is 9.66. The molecule has 1 atom stereocenters. The third kappa shape index (κ3) is 1.44. The summed E-state index contributed by atoms with van der Waals surface area (Å²) in [5.74, 6) is 0.0754. The third-order valence-corrected chi connectivity index (χ3v) is 3.19. The predicted octanol–water partition coefficient (Wildman–Crippen LogP) is 2.75. The van der Waals surface area contributed by atoms with Gasteiger partial charge < -0.3 is 5.11 Å². The van der Waals surface area contributed by atoms with Crippen LogP contribution in [0.4, 0.5) is 4.39 Å². The molecule has 1 saturated carbocycles. The summed E-state index contributed by atoms with van der Waals surface area (Å²) < 4.78 is 13.3. The monoisotopic (exact) mass is 194 g/mol. The van der Waals surface area contributed by atoms with Crippen molar-refractivity contribution in [1.29, 1.82) is 0 Å². The van der Waals surface area contributed by atoms with Crippen LogP contribution in [0.1, 0.15) is 30.9 Å². The fourth-order valence-corrected chi connectivity index (χ4v) is 2.02. The summed E-state index contributed by atoms with van der Waals surface area (Å²) in [6, 6.07) is 4.91. The Labute approximate surface area is 83.6 Å². The molecule has 0 radical (unpaired) electrons. The molecule has 0 bridgehead atoms. The van der Waals surface area contributed by atoms with Gasteiger partial charge in [-0.3, -0.25) is 0 Å². The fourth-order valence-electron chi connectivity index (χ4n) is 2.02. The van der Waals surface area contributed by atoms with Crippen LogP contribution >= 0.6 is 0 Å². The van der Waals surface area contributed by atoms with Crippen molar-refractivity contribution in [1.82, 2.24) is 0 Å². The molecule has 1 N–H and O–H groups in total. The maximum atomic E-state index is 13.3. The molecule has 1 fully saturated rings. The smallest absolute Gasteiger partial charge is 0.126 e. The molecule has 0 unspecified atom stereocenters. The second kappa shape index (κ2) is 3.06. The molecule has 2 rings (SSSR count). The number of rotatable bonds is 2. The van der Waals surface area contributed by atoms with Gasteiger partial charge in [-0.15, -0.1) is 0 Å². The van der Waals surface area contributed by atoms with E-state index in [0.29, 0.717) is 11.5 Å². The van der Waals surface area contributed by atoms with Crippen molar-refractivity contribution in [3.05, 3.63) is 35.1 Å². The third-order valence-electron chi connectivity index (χ3n) is 3.19. The van der Waals surface area contributed by atoms with E-state index in [2.05, 4.69) is 0 Å². The Hall–Kier alpha value is -0.890. The molecule has 2 heteroatoms. The van der Waals surface area contributed by atoms with Crippen LogP contribution in [0.3, 0.4) is 0 Å². The van der Waals surface area contributed by atoms with E-state index in [0.717, 1.165) is 18.4 Å². The number of aliphatic hydroxyl groups is 1. The van der Waals surface area contributed by atoms with Gasteiger partial charge in [0.2, 0.25) is 0 Å². The first-order valence-corrected chi connectivity index (χ1v) is 5.01. The highest BCUT2D eigenvalue weighted by Gasteiger charge is 2.42. The molecule has 0 aromatic heterocycles. The maximum Gasteiger partial charge on any atom is 0.126 e. The van der Waals surface area contributed by atoms with Gasteiger partial charge in [0, 0.05) is 0 Å². The van der Waals surface area contributed by atoms with Gasteiger partial charge in [0.25, 0.3) is 0 Å². The van der Waals surface area contributed by atoms with E-state index in [1.165, 1.54) is 6.07 Å². The van der Waals surface area contributed by atoms with E-state index in [-0.39, 0.29) is 5.82 Å². The number of benzene rings is 1. The van der Waals surface area contributed by atoms with E-state index in [9.17, 15) is 9.50 Å². The molecule has 0 heterocycles. The minimum Gasteiger partial charge on any atom is -0.385 e. The van der Waals surface area contributed by atoms with Crippen LogP contribution < -0.4 is 0 Å². The van der Waals surface area contributed by atoms with Crippen molar-refractivity contribution >= 4 is 0 Å².